The SMILES string of the molecule is O=[N+]([O-])c1cccc(CNOCc2ccccc2)c1Br. The van der Waals surface area contributed by atoms with Crippen molar-refractivity contribution in [3.8, 4) is 0 Å². The highest BCUT2D eigenvalue weighted by molar-refractivity contribution is 9.10. The molecule has 0 aliphatic heterocycles. The molecule has 0 heterocycles. The summed E-state index contributed by atoms with van der Waals surface area (Å²) < 4.78 is 0.473. The van der Waals surface area contributed by atoms with E-state index in [1.165, 1.54) is 6.07 Å². The van der Waals surface area contributed by atoms with Crippen LogP contribution in [0.3, 0.4) is 0 Å². The summed E-state index contributed by atoms with van der Waals surface area (Å²) in [6, 6.07) is 14.7. The third-order valence-electron chi connectivity index (χ3n) is 2.70. The molecule has 0 aromatic heterocycles. The Balaban J connectivity index is 1.88. The molecule has 0 unspecified atom stereocenters. The number of nitro benzene ring substituents is 1. The van der Waals surface area contributed by atoms with Gasteiger partial charge in [0.1, 0.15) is 0 Å². The minimum atomic E-state index is -0.418. The van der Waals surface area contributed by atoms with Crippen molar-refractivity contribution in [3.05, 3.63) is 74.2 Å². The molecule has 0 aliphatic carbocycles. The van der Waals surface area contributed by atoms with Gasteiger partial charge in [0, 0.05) is 12.6 Å². The van der Waals surface area contributed by atoms with Crippen LogP contribution in [0.2, 0.25) is 0 Å². The van der Waals surface area contributed by atoms with Gasteiger partial charge in [0.05, 0.1) is 16.0 Å². The second kappa shape index (κ2) is 7.14. The fourth-order valence-corrected chi connectivity index (χ4v) is 2.23. The zero-order valence-electron chi connectivity index (χ0n) is 10.6. The van der Waals surface area contributed by atoms with Gasteiger partial charge in [0.2, 0.25) is 0 Å². The fraction of sp³-hybridized carbons (Fsp3) is 0.143. The Morgan fingerprint density at radius 2 is 1.90 bits per heavy atom. The molecule has 0 atom stereocenters. The second-order valence-electron chi connectivity index (χ2n) is 4.10. The molecular formula is C14H13BrN2O3. The highest BCUT2D eigenvalue weighted by atomic mass is 79.9. The molecule has 0 fully saturated rings. The Hall–Kier alpha value is -1.76. The molecule has 104 valence electrons. The van der Waals surface area contributed by atoms with Crippen LogP contribution in [0, 0.1) is 10.1 Å². The molecule has 0 saturated carbocycles. The van der Waals surface area contributed by atoms with E-state index in [-0.39, 0.29) is 5.69 Å². The summed E-state index contributed by atoms with van der Waals surface area (Å²) in [7, 11) is 0. The lowest BCUT2D eigenvalue weighted by Gasteiger charge is -2.08. The monoisotopic (exact) mass is 336 g/mol. The predicted molar refractivity (Wildman–Crippen MR) is 78.9 cm³/mol. The van der Waals surface area contributed by atoms with Crippen LogP contribution >= 0.6 is 15.9 Å². The number of hydrogen-bond donors (Lipinski definition) is 1. The number of nitrogens with one attached hydrogen (secondary N) is 1. The van der Waals surface area contributed by atoms with Crippen LogP contribution < -0.4 is 5.48 Å². The summed E-state index contributed by atoms with van der Waals surface area (Å²) >= 11 is 3.24. The van der Waals surface area contributed by atoms with Crippen LogP contribution in [0.15, 0.2) is 53.0 Å². The third-order valence-corrected chi connectivity index (χ3v) is 3.62. The average molecular weight is 337 g/mol. The van der Waals surface area contributed by atoms with Crippen molar-refractivity contribution in [2.75, 3.05) is 0 Å². The first kappa shape index (κ1) is 14.6. The zero-order valence-corrected chi connectivity index (χ0v) is 12.2. The van der Waals surface area contributed by atoms with Gasteiger partial charge in [-0.15, -0.1) is 0 Å². The molecule has 0 amide bonds. The Bertz CT molecular complexity index is 590. The van der Waals surface area contributed by atoms with Crippen molar-refractivity contribution in [2.45, 2.75) is 13.2 Å². The molecule has 0 radical (unpaired) electrons. The first-order valence-electron chi connectivity index (χ1n) is 5.99. The van der Waals surface area contributed by atoms with E-state index in [9.17, 15) is 10.1 Å². The topological polar surface area (TPSA) is 64.4 Å². The van der Waals surface area contributed by atoms with E-state index in [0.717, 1.165) is 11.1 Å². The van der Waals surface area contributed by atoms with Crippen molar-refractivity contribution < 1.29 is 9.76 Å². The summed E-state index contributed by atoms with van der Waals surface area (Å²) in [5.41, 5.74) is 4.68. The summed E-state index contributed by atoms with van der Waals surface area (Å²) in [6.07, 6.45) is 0. The van der Waals surface area contributed by atoms with Crippen LogP contribution in [-0.4, -0.2) is 4.92 Å². The largest absolute Gasteiger partial charge is 0.297 e. The Morgan fingerprint density at radius 3 is 2.60 bits per heavy atom. The van der Waals surface area contributed by atoms with Gasteiger partial charge < -0.3 is 0 Å². The van der Waals surface area contributed by atoms with E-state index in [0.29, 0.717) is 17.6 Å². The van der Waals surface area contributed by atoms with Gasteiger partial charge in [0.25, 0.3) is 5.69 Å². The van der Waals surface area contributed by atoms with Crippen LogP contribution in [0.1, 0.15) is 11.1 Å². The summed E-state index contributed by atoms with van der Waals surface area (Å²) in [5, 5.41) is 10.8. The number of nitro groups is 1. The lowest BCUT2D eigenvalue weighted by Crippen LogP contribution is -2.14. The molecule has 20 heavy (non-hydrogen) atoms. The smallest absolute Gasteiger partial charge is 0.283 e. The molecular weight excluding hydrogens is 324 g/mol. The first-order chi connectivity index (χ1) is 9.68. The molecule has 2 aromatic carbocycles. The van der Waals surface area contributed by atoms with Crippen LogP contribution in [-0.2, 0) is 18.0 Å². The fourth-order valence-electron chi connectivity index (χ4n) is 1.68. The van der Waals surface area contributed by atoms with Gasteiger partial charge in [-0.2, -0.15) is 5.48 Å². The van der Waals surface area contributed by atoms with Gasteiger partial charge in [-0.1, -0.05) is 42.5 Å². The molecule has 2 rings (SSSR count). The Labute approximate surface area is 124 Å². The molecule has 0 bridgehead atoms. The standard InChI is InChI=1S/C14H13BrN2O3/c15-14-12(7-4-8-13(14)17(18)19)9-16-20-10-11-5-2-1-3-6-11/h1-8,16H,9-10H2. The van der Waals surface area contributed by atoms with Crippen molar-refractivity contribution in [2.24, 2.45) is 0 Å². The maximum atomic E-state index is 10.8. The summed E-state index contributed by atoms with van der Waals surface area (Å²) in [6.45, 7) is 0.822. The maximum absolute atomic E-state index is 10.8. The van der Waals surface area contributed by atoms with Crippen molar-refractivity contribution in [1.29, 1.82) is 0 Å². The lowest BCUT2D eigenvalue weighted by atomic mass is 10.2. The minimum absolute atomic E-state index is 0.0485. The van der Waals surface area contributed by atoms with Crippen LogP contribution in [0.4, 0.5) is 5.69 Å². The molecule has 0 spiro atoms. The van der Waals surface area contributed by atoms with Gasteiger partial charge in [0.15, 0.2) is 0 Å². The van der Waals surface area contributed by atoms with Crippen molar-refractivity contribution >= 4 is 21.6 Å². The van der Waals surface area contributed by atoms with Gasteiger partial charge in [-0.25, -0.2) is 0 Å². The quantitative estimate of drug-likeness (QED) is 0.497. The minimum Gasteiger partial charge on any atom is -0.297 e. The van der Waals surface area contributed by atoms with Crippen LogP contribution in [0.25, 0.3) is 0 Å². The predicted octanol–water partition coefficient (Wildman–Crippen LogP) is 3.58. The number of hydroxylamine groups is 1. The van der Waals surface area contributed by atoms with Crippen molar-refractivity contribution in [3.63, 3.8) is 0 Å². The molecule has 1 N–H and O–H groups in total. The van der Waals surface area contributed by atoms with Gasteiger partial charge in [-0.3, -0.25) is 15.0 Å². The summed E-state index contributed by atoms with van der Waals surface area (Å²) in [5.74, 6) is 0. The molecule has 0 aliphatic rings. The molecule has 6 heteroatoms. The second-order valence-corrected chi connectivity index (χ2v) is 4.90. The molecule has 5 nitrogen and oxygen atoms in total. The van der Waals surface area contributed by atoms with Crippen molar-refractivity contribution in [1.82, 2.24) is 5.48 Å². The van der Waals surface area contributed by atoms with E-state index in [1.54, 1.807) is 12.1 Å². The van der Waals surface area contributed by atoms with E-state index in [1.807, 2.05) is 30.3 Å². The molecule has 2 aromatic rings. The Morgan fingerprint density at radius 1 is 1.15 bits per heavy atom. The Kier molecular flexibility index (Phi) is 5.23. The number of rotatable bonds is 6. The van der Waals surface area contributed by atoms with E-state index < -0.39 is 4.92 Å². The van der Waals surface area contributed by atoms with Gasteiger partial charge >= 0.3 is 0 Å². The van der Waals surface area contributed by atoms with E-state index >= 15 is 0 Å². The average Bonchev–Trinajstić information content (AvgIpc) is 2.46. The normalized spacial score (nSPS) is 10.4. The van der Waals surface area contributed by atoms with E-state index in [4.69, 9.17) is 4.84 Å². The highest BCUT2D eigenvalue weighted by Crippen LogP contribution is 2.28. The third kappa shape index (κ3) is 3.86. The first-order valence-corrected chi connectivity index (χ1v) is 6.78. The summed E-state index contributed by atoms with van der Waals surface area (Å²) in [4.78, 5) is 15.7. The molecule has 0 saturated heterocycles. The zero-order chi connectivity index (χ0) is 14.4. The highest BCUT2D eigenvalue weighted by Gasteiger charge is 2.14. The number of nitrogens with zero attached hydrogens (tertiary/aromatic N) is 1. The number of hydrogen-bond acceptors (Lipinski definition) is 4. The lowest BCUT2D eigenvalue weighted by molar-refractivity contribution is -0.385. The van der Waals surface area contributed by atoms with Crippen LogP contribution in [0.5, 0.6) is 0 Å². The van der Waals surface area contributed by atoms with E-state index in [2.05, 4.69) is 21.4 Å². The number of halogens is 1. The maximum Gasteiger partial charge on any atom is 0.283 e. The number of benzene rings is 2. The van der Waals surface area contributed by atoms with Gasteiger partial charge in [-0.05, 0) is 27.1 Å².